The average Bonchev–Trinajstić information content (AvgIpc) is 3.38. The number of aryl methyl sites for hydroxylation is 1. The van der Waals surface area contributed by atoms with Gasteiger partial charge in [-0.1, -0.05) is 23.7 Å². The predicted molar refractivity (Wildman–Crippen MR) is 118 cm³/mol. The summed E-state index contributed by atoms with van der Waals surface area (Å²) in [5, 5.41) is 9.73. The summed E-state index contributed by atoms with van der Waals surface area (Å²) in [5.74, 6) is 0.169. The van der Waals surface area contributed by atoms with Gasteiger partial charge in [-0.3, -0.25) is 4.79 Å². The Morgan fingerprint density at radius 2 is 1.97 bits per heavy atom. The minimum absolute atomic E-state index is 0.133. The third kappa shape index (κ3) is 4.29. The van der Waals surface area contributed by atoms with Crippen molar-refractivity contribution in [2.75, 3.05) is 18.4 Å². The fraction of sp³-hybridized carbons (Fsp3) is 0.300. The zero-order chi connectivity index (χ0) is 21.3. The fourth-order valence-electron chi connectivity index (χ4n) is 3.52. The maximum atomic E-state index is 12.9. The summed E-state index contributed by atoms with van der Waals surface area (Å²) < 4.78 is 28.8. The molecule has 0 radical (unpaired) electrons. The Bertz CT molecular complexity index is 1150. The Morgan fingerprint density at radius 1 is 1.20 bits per heavy atom. The molecule has 2 aromatic heterocycles. The Kier molecular flexibility index (Phi) is 5.97. The van der Waals surface area contributed by atoms with Crippen molar-refractivity contribution in [2.45, 2.75) is 24.0 Å². The van der Waals surface area contributed by atoms with E-state index in [-0.39, 0.29) is 11.8 Å². The zero-order valence-electron chi connectivity index (χ0n) is 16.3. The van der Waals surface area contributed by atoms with Gasteiger partial charge in [-0.15, -0.1) is 11.3 Å². The zero-order valence-corrected chi connectivity index (χ0v) is 18.7. The summed E-state index contributed by atoms with van der Waals surface area (Å²) >= 11 is 7.29. The number of thiophene rings is 1. The number of piperidine rings is 1. The normalized spacial score (nSPS) is 15.9. The number of anilines is 1. The van der Waals surface area contributed by atoms with E-state index in [9.17, 15) is 13.2 Å². The first-order valence-corrected chi connectivity index (χ1v) is 12.2. The van der Waals surface area contributed by atoms with Crippen LogP contribution in [0.5, 0.6) is 0 Å². The van der Waals surface area contributed by atoms with Crippen LogP contribution in [0.1, 0.15) is 18.5 Å². The minimum Gasteiger partial charge on any atom is -0.310 e. The van der Waals surface area contributed by atoms with Crippen LogP contribution in [0.25, 0.3) is 5.69 Å². The fourth-order valence-corrected chi connectivity index (χ4v) is 6.32. The second kappa shape index (κ2) is 8.50. The number of carbonyl (C=O) groups is 1. The predicted octanol–water partition coefficient (Wildman–Crippen LogP) is 3.94. The molecule has 0 saturated carbocycles. The highest BCUT2D eigenvalue weighted by Crippen LogP contribution is 2.27. The molecule has 0 spiro atoms. The van der Waals surface area contributed by atoms with E-state index in [2.05, 4.69) is 10.4 Å². The Balaban J connectivity index is 1.44. The number of benzene rings is 1. The van der Waals surface area contributed by atoms with Crippen LogP contribution in [0, 0.1) is 12.8 Å². The van der Waals surface area contributed by atoms with Crippen molar-refractivity contribution in [3.05, 3.63) is 58.6 Å². The molecule has 3 heterocycles. The van der Waals surface area contributed by atoms with E-state index in [0.29, 0.717) is 41.0 Å². The van der Waals surface area contributed by atoms with Crippen molar-refractivity contribution in [1.29, 1.82) is 0 Å². The molecule has 1 N–H and O–H groups in total. The first kappa shape index (κ1) is 21.0. The van der Waals surface area contributed by atoms with Crippen molar-refractivity contribution in [3.63, 3.8) is 0 Å². The molecule has 0 atom stereocenters. The Morgan fingerprint density at radius 3 is 2.63 bits per heavy atom. The Labute approximate surface area is 184 Å². The van der Waals surface area contributed by atoms with E-state index in [0.717, 1.165) is 11.4 Å². The monoisotopic (exact) mass is 464 g/mol. The van der Waals surface area contributed by atoms with E-state index in [4.69, 9.17) is 11.6 Å². The number of halogens is 1. The van der Waals surface area contributed by atoms with Gasteiger partial charge in [0.2, 0.25) is 5.91 Å². The molecule has 0 unspecified atom stereocenters. The van der Waals surface area contributed by atoms with Gasteiger partial charge in [0.05, 0.1) is 11.4 Å². The molecule has 4 rings (SSSR count). The Hall–Kier alpha value is -2.20. The number of hydrogen-bond donors (Lipinski definition) is 1. The SMILES string of the molecule is Cc1cc(NC(=O)C2CCN(S(=O)(=O)c3cccs3)CC2)n(-c2cccc(Cl)c2)n1. The lowest BCUT2D eigenvalue weighted by atomic mass is 9.97. The van der Waals surface area contributed by atoms with Gasteiger partial charge in [0.25, 0.3) is 10.0 Å². The third-order valence-corrected chi connectivity index (χ3v) is 8.56. The number of rotatable bonds is 5. The largest absolute Gasteiger partial charge is 0.310 e. The molecule has 158 valence electrons. The molecule has 7 nitrogen and oxygen atoms in total. The van der Waals surface area contributed by atoms with Gasteiger partial charge >= 0.3 is 0 Å². The highest BCUT2D eigenvalue weighted by Gasteiger charge is 2.32. The van der Waals surface area contributed by atoms with Crippen molar-refractivity contribution in [2.24, 2.45) is 5.92 Å². The highest BCUT2D eigenvalue weighted by molar-refractivity contribution is 7.91. The summed E-state index contributed by atoms with van der Waals surface area (Å²) in [5.41, 5.74) is 1.52. The molecule has 3 aromatic rings. The van der Waals surface area contributed by atoms with Crippen LogP contribution in [0.2, 0.25) is 5.02 Å². The number of amides is 1. The number of sulfonamides is 1. The second-order valence-electron chi connectivity index (χ2n) is 7.16. The van der Waals surface area contributed by atoms with Gasteiger partial charge in [0.15, 0.2) is 0 Å². The molecular formula is C20H21ClN4O3S2. The van der Waals surface area contributed by atoms with E-state index in [1.165, 1.54) is 15.6 Å². The summed E-state index contributed by atoms with van der Waals surface area (Å²) in [6.45, 7) is 2.50. The number of nitrogens with one attached hydrogen (secondary N) is 1. The van der Waals surface area contributed by atoms with Crippen LogP contribution in [0.3, 0.4) is 0 Å². The molecule has 1 aromatic carbocycles. The summed E-state index contributed by atoms with van der Waals surface area (Å²) in [4.78, 5) is 12.9. The van der Waals surface area contributed by atoms with E-state index in [1.807, 2.05) is 19.1 Å². The standard InChI is InChI=1S/C20H21ClN4O3S2/c1-14-12-18(25(23-14)17-5-2-4-16(21)13-17)22-20(26)15-7-9-24(10-8-15)30(27,28)19-6-3-11-29-19/h2-6,11-13,15H,7-10H2,1H3,(H,22,26). The third-order valence-electron chi connectivity index (χ3n) is 5.05. The molecule has 30 heavy (non-hydrogen) atoms. The lowest BCUT2D eigenvalue weighted by molar-refractivity contribution is -0.120. The maximum Gasteiger partial charge on any atom is 0.252 e. The van der Waals surface area contributed by atoms with Crippen molar-refractivity contribution < 1.29 is 13.2 Å². The quantitative estimate of drug-likeness (QED) is 0.619. The van der Waals surface area contributed by atoms with E-state index >= 15 is 0 Å². The minimum atomic E-state index is -3.48. The molecule has 1 amide bonds. The molecule has 1 fully saturated rings. The van der Waals surface area contributed by atoms with Crippen molar-refractivity contribution >= 4 is 44.7 Å². The summed E-state index contributed by atoms with van der Waals surface area (Å²) in [7, 11) is -3.48. The lowest BCUT2D eigenvalue weighted by Gasteiger charge is -2.30. The first-order valence-electron chi connectivity index (χ1n) is 9.52. The molecule has 0 bridgehead atoms. The van der Waals surface area contributed by atoms with Crippen LogP contribution >= 0.6 is 22.9 Å². The average molecular weight is 465 g/mol. The van der Waals surface area contributed by atoms with Crippen LogP contribution in [-0.4, -0.2) is 41.5 Å². The van der Waals surface area contributed by atoms with E-state index in [1.54, 1.807) is 40.4 Å². The van der Waals surface area contributed by atoms with Crippen molar-refractivity contribution in [3.8, 4) is 5.69 Å². The van der Waals surface area contributed by atoms with Crippen LogP contribution in [0.15, 0.2) is 52.1 Å². The molecule has 1 aliphatic rings. The molecular weight excluding hydrogens is 444 g/mol. The van der Waals surface area contributed by atoms with E-state index < -0.39 is 10.0 Å². The molecule has 1 aliphatic heterocycles. The molecule has 0 aliphatic carbocycles. The van der Waals surface area contributed by atoms with Gasteiger partial charge in [0.1, 0.15) is 10.0 Å². The maximum absolute atomic E-state index is 12.9. The topological polar surface area (TPSA) is 84.3 Å². The van der Waals surface area contributed by atoms with Gasteiger partial charge < -0.3 is 5.32 Å². The smallest absolute Gasteiger partial charge is 0.252 e. The molecule has 1 saturated heterocycles. The number of carbonyl (C=O) groups excluding carboxylic acids is 1. The van der Waals surface area contributed by atoms with Gasteiger partial charge in [-0.05, 0) is 49.4 Å². The van der Waals surface area contributed by atoms with Crippen LogP contribution < -0.4 is 5.32 Å². The summed E-state index contributed by atoms with van der Waals surface area (Å²) in [6, 6.07) is 12.4. The first-order chi connectivity index (χ1) is 14.3. The number of hydrogen-bond acceptors (Lipinski definition) is 5. The number of nitrogens with zero attached hydrogens (tertiary/aromatic N) is 3. The van der Waals surface area contributed by atoms with Crippen LogP contribution in [0.4, 0.5) is 5.82 Å². The van der Waals surface area contributed by atoms with Crippen LogP contribution in [-0.2, 0) is 14.8 Å². The highest BCUT2D eigenvalue weighted by atomic mass is 35.5. The van der Waals surface area contributed by atoms with Gasteiger partial charge in [0, 0.05) is 30.1 Å². The molecule has 10 heteroatoms. The van der Waals surface area contributed by atoms with Crippen molar-refractivity contribution in [1.82, 2.24) is 14.1 Å². The second-order valence-corrected chi connectivity index (χ2v) is 10.7. The van der Waals surface area contributed by atoms with Gasteiger partial charge in [-0.25, -0.2) is 13.1 Å². The lowest BCUT2D eigenvalue weighted by Crippen LogP contribution is -2.41. The van der Waals surface area contributed by atoms with Gasteiger partial charge in [-0.2, -0.15) is 9.40 Å². The summed E-state index contributed by atoms with van der Waals surface area (Å²) in [6.07, 6.45) is 0.946. The number of aromatic nitrogens is 2.